The SMILES string of the molecule is CS(=O)(=O)c1ccc(CNC(=O)C2(NC(=O)CC(c3ccccc3)c3ccccc3)CCCCC2)cc1. The number of sulfone groups is 1. The van der Waals surface area contributed by atoms with Crippen LogP contribution in [0.3, 0.4) is 0 Å². The van der Waals surface area contributed by atoms with E-state index in [1.54, 1.807) is 24.3 Å². The molecule has 1 aliphatic rings. The molecule has 194 valence electrons. The summed E-state index contributed by atoms with van der Waals surface area (Å²) >= 11 is 0. The lowest BCUT2D eigenvalue weighted by Crippen LogP contribution is -2.59. The Morgan fingerprint density at radius 3 is 1.86 bits per heavy atom. The molecule has 3 aromatic rings. The van der Waals surface area contributed by atoms with Crippen molar-refractivity contribution in [1.82, 2.24) is 10.6 Å². The molecule has 2 amide bonds. The first-order valence-electron chi connectivity index (χ1n) is 12.8. The first kappa shape index (κ1) is 26.6. The van der Waals surface area contributed by atoms with Gasteiger partial charge in [-0.05, 0) is 41.7 Å². The van der Waals surface area contributed by atoms with E-state index in [4.69, 9.17) is 0 Å². The second-order valence-corrected chi connectivity index (χ2v) is 11.9. The van der Waals surface area contributed by atoms with Crippen LogP contribution in [0, 0.1) is 0 Å². The predicted octanol–water partition coefficient (Wildman–Crippen LogP) is 4.75. The Hall–Kier alpha value is -3.45. The van der Waals surface area contributed by atoms with Crippen LogP contribution in [0.4, 0.5) is 0 Å². The second kappa shape index (κ2) is 11.7. The topological polar surface area (TPSA) is 92.3 Å². The maximum absolute atomic E-state index is 13.5. The maximum atomic E-state index is 13.5. The van der Waals surface area contributed by atoms with Crippen molar-refractivity contribution in [2.24, 2.45) is 0 Å². The largest absolute Gasteiger partial charge is 0.350 e. The molecule has 3 aromatic carbocycles. The van der Waals surface area contributed by atoms with E-state index >= 15 is 0 Å². The zero-order chi connectivity index (χ0) is 26.3. The summed E-state index contributed by atoms with van der Waals surface area (Å²) in [7, 11) is -3.28. The Labute approximate surface area is 219 Å². The van der Waals surface area contributed by atoms with Crippen molar-refractivity contribution in [2.75, 3.05) is 6.26 Å². The molecule has 0 radical (unpaired) electrons. The molecule has 37 heavy (non-hydrogen) atoms. The van der Waals surface area contributed by atoms with Crippen LogP contribution in [-0.2, 0) is 26.0 Å². The highest BCUT2D eigenvalue weighted by molar-refractivity contribution is 7.90. The minimum atomic E-state index is -3.28. The molecule has 0 bridgehead atoms. The third-order valence-electron chi connectivity index (χ3n) is 7.12. The van der Waals surface area contributed by atoms with Gasteiger partial charge in [-0.2, -0.15) is 0 Å². The van der Waals surface area contributed by atoms with Gasteiger partial charge in [-0.3, -0.25) is 9.59 Å². The van der Waals surface area contributed by atoms with E-state index < -0.39 is 15.4 Å². The average molecular weight is 519 g/mol. The summed E-state index contributed by atoms with van der Waals surface area (Å²) < 4.78 is 23.4. The van der Waals surface area contributed by atoms with Crippen LogP contribution >= 0.6 is 0 Å². The van der Waals surface area contributed by atoms with Gasteiger partial charge in [0.1, 0.15) is 5.54 Å². The Morgan fingerprint density at radius 2 is 1.35 bits per heavy atom. The molecule has 0 atom stereocenters. The van der Waals surface area contributed by atoms with Crippen molar-refractivity contribution in [3.05, 3.63) is 102 Å². The Balaban J connectivity index is 1.47. The molecule has 2 N–H and O–H groups in total. The fourth-order valence-electron chi connectivity index (χ4n) is 5.07. The minimum absolute atomic E-state index is 0.112. The summed E-state index contributed by atoms with van der Waals surface area (Å²) in [5.74, 6) is -0.449. The van der Waals surface area contributed by atoms with Crippen LogP contribution in [-0.4, -0.2) is 32.0 Å². The third-order valence-corrected chi connectivity index (χ3v) is 8.25. The summed E-state index contributed by atoms with van der Waals surface area (Å²) in [5.41, 5.74) is 1.97. The van der Waals surface area contributed by atoms with Gasteiger partial charge in [0, 0.05) is 25.1 Å². The molecule has 0 aromatic heterocycles. The van der Waals surface area contributed by atoms with Crippen LogP contribution in [0.2, 0.25) is 0 Å². The predicted molar refractivity (Wildman–Crippen MR) is 145 cm³/mol. The Bertz CT molecular complexity index is 1260. The van der Waals surface area contributed by atoms with Crippen LogP contribution < -0.4 is 10.6 Å². The zero-order valence-corrected chi connectivity index (χ0v) is 22.0. The van der Waals surface area contributed by atoms with Crippen molar-refractivity contribution in [3.8, 4) is 0 Å². The van der Waals surface area contributed by atoms with Gasteiger partial charge < -0.3 is 10.6 Å². The summed E-state index contributed by atoms with van der Waals surface area (Å²) in [6.45, 7) is 0.261. The van der Waals surface area contributed by atoms with Gasteiger partial charge in [-0.25, -0.2) is 8.42 Å². The van der Waals surface area contributed by atoms with E-state index in [0.717, 1.165) is 36.0 Å². The fraction of sp³-hybridized carbons (Fsp3) is 0.333. The minimum Gasteiger partial charge on any atom is -0.350 e. The summed E-state index contributed by atoms with van der Waals surface area (Å²) in [4.78, 5) is 27.1. The monoisotopic (exact) mass is 518 g/mol. The molecule has 0 aliphatic heterocycles. The van der Waals surface area contributed by atoms with E-state index in [0.29, 0.717) is 12.8 Å². The zero-order valence-electron chi connectivity index (χ0n) is 21.2. The molecule has 1 saturated carbocycles. The van der Waals surface area contributed by atoms with E-state index in [1.807, 2.05) is 60.7 Å². The molecule has 0 unspecified atom stereocenters. The quantitative estimate of drug-likeness (QED) is 0.428. The number of nitrogens with one attached hydrogen (secondary N) is 2. The number of hydrogen-bond donors (Lipinski definition) is 2. The fourth-order valence-corrected chi connectivity index (χ4v) is 5.70. The van der Waals surface area contributed by atoms with Gasteiger partial charge in [0.05, 0.1) is 4.90 Å². The number of benzene rings is 3. The van der Waals surface area contributed by atoms with E-state index in [2.05, 4.69) is 10.6 Å². The van der Waals surface area contributed by atoms with Gasteiger partial charge in [0.2, 0.25) is 11.8 Å². The third kappa shape index (κ3) is 6.86. The molecule has 4 rings (SSSR count). The van der Waals surface area contributed by atoms with Crippen molar-refractivity contribution in [1.29, 1.82) is 0 Å². The lowest BCUT2D eigenvalue weighted by Gasteiger charge is -2.37. The van der Waals surface area contributed by atoms with Gasteiger partial charge in [-0.15, -0.1) is 0 Å². The van der Waals surface area contributed by atoms with Crippen molar-refractivity contribution < 1.29 is 18.0 Å². The van der Waals surface area contributed by atoms with E-state index in [1.165, 1.54) is 6.26 Å². The molecular formula is C30H34N2O4S. The number of carbonyl (C=O) groups excluding carboxylic acids is 2. The van der Waals surface area contributed by atoms with Gasteiger partial charge >= 0.3 is 0 Å². The number of amides is 2. The Morgan fingerprint density at radius 1 is 0.811 bits per heavy atom. The number of rotatable bonds is 9. The first-order chi connectivity index (χ1) is 17.8. The summed E-state index contributed by atoms with van der Waals surface area (Å²) in [6.07, 6.45) is 5.39. The molecule has 7 heteroatoms. The summed E-state index contributed by atoms with van der Waals surface area (Å²) in [5, 5.41) is 6.12. The molecule has 1 aliphatic carbocycles. The standard InChI is InChI=1S/C30H34N2O4S/c1-37(35,36)26-17-15-23(16-18-26)22-31-29(34)30(19-9-4-10-20-30)32-28(33)21-27(24-11-5-2-6-12-24)25-13-7-3-8-14-25/h2-3,5-8,11-18,27H,4,9-10,19-22H2,1H3,(H,31,34)(H,32,33). The van der Waals surface area contributed by atoms with E-state index in [-0.39, 0.29) is 35.6 Å². The summed E-state index contributed by atoms with van der Waals surface area (Å²) in [6, 6.07) is 26.4. The van der Waals surface area contributed by atoms with Gasteiger partial charge in [0.25, 0.3) is 0 Å². The second-order valence-electron chi connectivity index (χ2n) is 9.87. The molecule has 6 nitrogen and oxygen atoms in total. The van der Waals surface area contributed by atoms with Crippen LogP contribution in [0.1, 0.15) is 61.1 Å². The lowest BCUT2D eigenvalue weighted by molar-refractivity contribution is -0.135. The molecule has 0 heterocycles. The molecule has 0 saturated heterocycles. The highest BCUT2D eigenvalue weighted by atomic mass is 32.2. The van der Waals surface area contributed by atoms with Crippen molar-refractivity contribution in [2.45, 2.75) is 61.4 Å². The molecule has 0 spiro atoms. The smallest absolute Gasteiger partial charge is 0.246 e. The maximum Gasteiger partial charge on any atom is 0.246 e. The molecular weight excluding hydrogens is 484 g/mol. The lowest BCUT2D eigenvalue weighted by atomic mass is 9.80. The highest BCUT2D eigenvalue weighted by Crippen LogP contribution is 2.31. The first-order valence-corrected chi connectivity index (χ1v) is 14.6. The van der Waals surface area contributed by atoms with Gasteiger partial charge in [-0.1, -0.05) is 92.1 Å². The highest BCUT2D eigenvalue weighted by Gasteiger charge is 2.41. The molecule has 1 fully saturated rings. The van der Waals surface area contributed by atoms with Gasteiger partial charge in [0.15, 0.2) is 9.84 Å². The Kier molecular flexibility index (Phi) is 8.44. The normalized spacial score (nSPS) is 15.2. The van der Waals surface area contributed by atoms with Crippen LogP contribution in [0.5, 0.6) is 0 Å². The number of carbonyl (C=O) groups is 2. The van der Waals surface area contributed by atoms with Crippen LogP contribution in [0.15, 0.2) is 89.8 Å². The van der Waals surface area contributed by atoms with Crippen molar-refractivity contribution >= 4 is 21.7 Å². The average Bonchev–Trinajstić information content (AvgIpc) is 2.91. The number of hydrogen-bond acceptors (Lipinski definition) is 4. The van der Waals surface area contributed by atoms with E-state index in [9.17, 15) is 18.0 Å². The van der Waals surface area contributed by atoms with Crippen LogP contribution in [0.25, 0.3) is 0 Å². The van der Waals surface area contributed by atoms with Crippen molar-refractivity contribution in [3.63, 3.8) is 0 Å².